The molecule has 3 aromatic rings. The van der Waals surface area contributed by atoms with Crippen molar-refractivity contribution in [2.45, 2.75) is 17.9 Å². The summed E-state index contributed by atoms with van der Waals surface area (Å²) in [4.78, 5) is 0. The fraction of sp³-hybridized carbons (Fsp3) is 0.143. The third-order valence-electron chi connectivity index (χ3n) is 3.75. The Hall–Kier alpha value is -2.03. The van der Waals surface area contributed by atoms with E-state index in [4.69, 9.17) is 0 Å². The summed E-state index contributed by atoms with van der Waals surface area (Å²) in [6, 6.07) is 29.7. The van der Waals surface area contributed by atoms with Crippen LogP contribution in [-0.4, -0.2) is 4.55 Å². The number of benzene rings is 3. The average Bonchev–Trinajstić information content (AvgIpc) is 2.58. The molecule has 0 saturated carbocycles. The van der Waals surface area contributed by atoms with E-state index < -0.39 is 11.2 Å². The predicted molar refractivity (Wildman–Crippen MR) is 96.5 cm³/mol. The van der Waals surface area contributed by atoms with Gasteiger partial charge < -0.3 is 4.55 Å². The molecule has 0 fully saturated rings. The Morgan fingerprint density at radius 3 is 2.09 bits per heavy atom. The molecule has 3 aromatic carbocycles. The van der Waals surface area contributed by atoms with Gasteiger partial charge in [-0.25, -0.2) is 0 Å². The molecule has 23 heavy (non-hydrogen) atoms. The van der Waals surface area contributed by atoms with E-state index in [1.54, 1.807) is 0 Å². The Labute approximate surface area is 141 Å². The first-order valence-electron chi connectivity index (χ1n) is 7.72. The molecular formula is C21H19OS. The summed E-state index contributed by atoms with van der Waals surface area (Å²) < 4.78 is 12.5. The van der Waals surface area contributed by atoms with Crippen molar-refractivity contribution in [3.8, 4) is 0 Å². The zero-order valence-electron chi connectivity index (χ0n) is 12.9. The van der Waals surface area contributed by atoms with Gasteiger partial charge in [0.25, 0.3) is 0 Å². The van der Waals surface area contributed by atoms with E-state index in [1.807, 2.05) is 48.5 Å². The van der Waals surface area contributed by atoms with Gasteiger partial charge in [-0.05, 0) is 34.8 Å². The molecule has 1 radical (unpaired) electrons. The quantitative estimate of drug-likeness (QED) is 0.612. The monoisotopic (exact) mass is 319 g/mol. The molecule has 0 heterocycles. The lowest BCUT2D eigenvalue weighted by atomic mass is 10.0. The SMILES string of the molecule is [O-][S+](Cc1ccccc1)Cc1[c]cccc1Cc1ccccc1. The highest BCUT2D eigenvalue weighted by Crippen LogP contribution is 2.18. The van der Waals surface area contributed by atoms with Crippen LogP contribution in [0.2, 0.25) is 0 Å². The first-order chi connectivity index (χ1) is 11.3. The van der Waals surface area contributed by atoms with Crippen molar-refractivity contribution in [1.29, 1.82) is 0 Å². The van der Waals surface area contributed by atoms with E-state index in [9.17, 15) is 4.55 Å². The van der Waals surface area contributed by atoms with E-state index in [1.165, 1.54) is 11.1 Å². The van der Waals surface area contributed by atoms with Gasteiger partial charge in [0, 0.05) is 11.1 Å². The standard InChI is InChI=1S/C21H19OS/c22-23(16-19-11-5-2-6-12-19)17-21-14-8-7-13-20(21)15-18-9-3-1-4-10-18/h1-13H,15-17H2. The molecule has 0 aliphatic heterocycles. The lowest BCUT2D eigenvalue weighted by molar-refractivity contribution is 0.593. The first-order valence-corrected chi connectivity index (χ1v) is 9.21. The zero-order chi connectivity index (χ0) is 15.9. The minimum Gasteiger partial charge on any atom is -0.616 e. The third-order valence-corrected chi connectivity index (χ3v) is 5.02. The van der Waals surface area contributed by atoms with Gasteiger partial charge >= 0.3 is 0 Å². The Morgan fingerprint density at radius 2 is 1.39 bits per heavy atom. The molecule has 115 valence electrons. The van der Waals surface area contributed by atoms with Crippen LogP contribution in [0, 0.1) is 6.07 Å². The smallest absolute Gasteiger partial charge is 0.131 e. The Balaban J connectivity index is 1.70. The van der Waals surface area contributed by atoms with Crippen LogP contribution in [-0.2, 0) is 29.1 Å². The summed E-state index contributed by atoms with van der Waals surface area (Å²) >= 11 is -0.922. The normalized spacial score (nSPS) is 12.0. The maximum absolute atomic E-state index is 12.5. The van der Waals surface area contributed by atoms with Gasteiger partial charge in [0.15, 0.2) is 0 Å². The first kappa shape index (κ1) is 15.9. The highest BCUT2D eigenvalue weighted by Gasteiger charge is 2.12. The van der Waals surface area contributed by atoms with Crippen molar-refractivity contribution in [2.24, 2.45) is 0 Å². The number of hydrogen-bond donors (Lipinski definition) is 0. The largest absolute Gasteiger partial charge is 0.616 e. The van der Waals surface area contributed by atoms with Crippen molar-refractivity contribution < 1.29 is 4.55 Å². The van der Waals surface area contributed by atoms with Gasteiger partial charge in [-0.1, -0.05) is 78.9 Å². The second-order valence-electron chi connectivity index (χ2n) is 5.55. The third kappa shape index (κ3) is 4.72. The van der Waals surface area contributed by atoms with Crippen LogP contribution < -0.4 is 0 Å². The summed E-state index contributed by atoms with van der Waals surface area (Å²) in [5.74, 6) is 1.15. The van der Waals surface area contributed by atoms with Crippen LogP contribution in [0.4, 0.5) is 0 Å². The number of rotatable bonds is 6. The summed E-state index contributed by atoms with van der Waals surface area (Å²) in [5.41, 5.74) is 4.65. The van der Waals surface area contributed by atoms with Crippen LogP contribution in [0.1, 0.15) is 22.3 Å². The summed E-state index contributed by atoms with van der Waals surface area (Å²) in [7, 11) is 0. The zero-order valence-corrected chi connectivity index (χ0v) is 13.8. The van der Waals surface area contributed by atoms with E-state index in [0.29, 0.717) is 11.5 Å². The molecule has 0 bridgehead atoms. The average molecular weight is 319 g/mol. The summed E-state index contributed by atoms with van der Waals surface area (Å²) in [5, 5.41) is 0. The molecule has 0 aliphatic carbocycles. The Morgan fingerprint density at radius 1 is 0.739 bits per heavy atom. The molecule has 0 saturated heterocycles. The van der Waals surface area contributed by atoms with Crippen molar-refractivity contribution in [3.05, 3.63) is 107 Å². The van der Waals surface area contributed by atoms with Gasteiger partial charge in [-0.2, -0.15) is 0 Å². The van der Waals surface area contributed by atoms with Crippen molar-refractivity contribution in [2.75, 3.05) is 0 Å². The van der Waals surface area contributed by atoms with Crippen LogP contribution in [0.3, 0.4) is 0 Å². The Bertz CT molecular complexity index is 725. The molecule has 1 atom stereocenters. The van der Waals surface area contributed by atoms with Crippen LogP contribution >= 0.6 is 0 Å². The molecule has 0 N–H and O–H groups in total. The molecule has 1 unspecified atom stereocenters. The van der Waals surface area contributed by atoms with Crippen LogP contribution in [0.25, 0.3) is 0 Å². The van der Waals surface area contributed by atoms with Gasteiger partial charge in [0.05, 0.1) is 0 Å². The fourth-order valence-electron chi connectivity index (χ4n) is 2.59. The lowest BCUT2D eigenvalue weighted by Crippen LogP contribution is -2.09. The highest BCUT2D eigenvalue weighted by atomic mass is 32.2. The molecule has 0 aliphatic rings. The summed E-state index contributed by atoms with van der Waals surface area (Å²) in [6.45, 7) is 0. The minimum absolute atomic E-state index is 0.553. The van der Waals surface area contributed by atoms with Crippen molar-refractivity contribution in [3.63, 3.8) is 0 Å². The van der Waals surface area contributed by atoms with E-state index in [2.05, 4.69) is 36.4 Å². The van der Waals surface area contributed by atoms with E-state index >= 15 is 0 Å². The van der Waals surface area contributed by atoms with Gasteiger partial charge in [0.2, 0.25) is 0 Å². The molecule has 0 amide bonds. The molecule has 0 spiro atoms. The second kappa shape index (κ2) is 8.00. The topological polar surface area (TPSA) is 23.1 Å². The fourth-order valence-corrected chi connectivity index (χ4v) is 3.85. The predicted octanol–water partition coefficient (Wildman–Crippen LogP) is 4.53. The van der Waals surface area contributed by atoms with Crippen molar-refractivity contribution in [1.82, 2.24) is 0 Å². The van der Waals surface area contributed by atoms with Crippen LogP contribution in [0.5, 0.6) is 0 Å². The van der Waals surface area contributed by atoms with Crippen LogP contribution in [0.15, 0.2) is 78.9 Å². The Kier molecular flexibility index (Phi) is 5.51. The van der Waals surface area contributed by atoms with E-state index in [0.717, 1.165) is 17.5 Å². The van der Waals surface area contributed by atoms with Gasteiger partial charge in [-0.15, -0.1) is 0 Å². The number of hydrogen-bond acceptors (Lipinski definition) is 1. The molecule has 1 nitrogen and oxygen atoms in total. The second-order valence-corrected chi connectivity index (χ2v) is 7.01. The molecule has 0 aromatic heterocycles. The summed E-state index contributed by atoms with van der Waals surface area (Å²) in [6.07, 6.45) is 0.857. The minimum atomic E-state index is -0.922. The van der Waals surface area contributed by atoms with Crippen molar-refractivity contribution >= 4 is 11.2 Å². The maximum Gasteiger partial charge on any atom is 0.131 e. The molecule has 3 rings (SSSR count). The maximum atomic E-state index is 12.5. The van der Waals surface area contributed by atoms with E-state index in [-0.39, 0.29) is 0 Å². The van der Waals surface area contributed by atoms with Gasteiger partial charge in [-0.3, -0.25) is 0 Å². The molecule has 2 heteroatoms. The van der Waals surface area contributed by atoms with Gasteiger partial charge in [0.1, 0.15) is 11.5 Å². The highest BCUT2D eigenvalue weighted by molar-refractivity contribution is 7.89. The molecular weight excluding hydrogens is 300 g/mol. The lowest BCUT2D eigenvalue weighted by Gasteiger charge is -2.14.